The van der Waals surface area contributed by atoms with E-state index in [4.69, 9.17) is 16.7 Å². The van der Waals surface area contributed by atoms with Crippen LogP contribution in [0.4, 0.5) is 4.39 Å². The first kappa shape index (κ1) is 13.4. The van der Waals surface area contributed by atoms with Gasteiger partial charge in [-0.05, 0) is 29.7 Å². The van der Waals surface area contributed by atoms with E-state index in [1.165, 1.54) is 12.1 Å². The van der Waals surface area contributed by atoms with E-state index in [0.29, 0.717) is 17.5 Å². The van der Waals surface area contributed by atoms with Crippen molar-refractivity contribution in [1.29, 1.82) is 0 Å². The van der Waals surface area contributed by atoms with Crippen LogP contribution in [0.15, 0.2) is 18.2 Å². The van der Waals surface area contributed by atoms with E-state index in [9.17, 15) is 4.39 Å². The van der Waals surface area contributed by atoms with Crippen molar-refractivity contribution in [3.05, 3.63) is 34.6 Å². The number of aliphatic hydroxyl groups is 1. The van der Waals surface area contributed by atoms with Crippen molar-refractivity contribution in [2.24, 2.45) is 5.92 Å². The SMILES string of the molecule is CC(C)[C@@H](CO)NCc1cc(F)cc(Cl)c1. The molecule has 0 spiro atoms. The van der Waals surface area contributed by atoms with Gasteiger partial charge in [0.25, 0.3) is 0 Å². The summed E-state index contributed by atoms with van der Waals surface area (Å²) < 4.78 is 13.0. The maximum atomic E-state index is 13.0. The molecule has 0 radical (unpaired) electrons. The second kappa shape index (κ2) is 6.18. The summed E-state index contributed by atoms with van der Waals surface area (Å²) in [5, 5.41) is 12.7. The molecular formula is C12H17ClFNO. The lowest BCUT2D eigenvalue weighted by atomic mass is 10.1. The molecule has 0 saturated heterocycles. The summed E-state index contributed by atoms with van der Waals surface area (Å²) in [6, 6.07) is 4.44. The monoisotopic (exact) mass is 245 g/mol. The fourth-order valence-electron chi connectivity index (χ4n) is 1.47. The molecule has 16 heavy (non-hydrogen) atoms. The zero-order valence-electron chi connectivity index (χ0n) is 9.50. The van der Waals surface area contributed by atoms with Crippen LogP contribution in [0.2, 0.25) is 5.02 Å². The van der Waals surface area contributed by atoms with E-state index in [0.717, 1.165) is 5.56 Å². The van der Waals surface area contributed by atoms with Crippen LogP contribution >= 0.6 is 11.6 Å². The van der Waals surface area contributed by atoms with Gasteiger partial charge in [-0.2, -0.15) is 0 Å². The molecule has 1 aromatic carbocycles. The molecule has 1 aromatic rings. The van der Waals surface area contributed by atoms with Crippen molar-refractivity contribution in [3.8, 4) is 0 Å². The van der Waals surface area contributed by atoms with Crippen LogP contribution < -0.4 is 5.32 Å². The molecule has 4 heteroatoms. The van der Waals surface area contributed by atoms with Crippen LogP contribution in [-0.4, -0.2) is 17.8 Å². The maximum absolute atomic E-state index is 13.0. The molecule has 0 fully saturated rings. The summed E-state index contributed by atoms with van der Waals surface area (Å²) in [6.07, 6.45) is 0. The first-order valence-electron chi connectivity index (χ1n) is 5.32. The number of hydrogen-bond donors (Lipinski definition) is 2. The molecule has 0 heterocycles. The highest BCUT2D eigenvalue weighted by Gasteiger charge is 2.11. The van der Waals surface area contributed by atoms with Gasteiger partial charge >= 0.3 is 0 Å². The van der Waals surface area contributed by atoms with Gasteiger partial charge in [0.1, 0.15) is 5.82 Å². The van der Waals surface area contributed by atoms with Gasteiger partial charge in [0, 0.05) is 17.6 Å². The van der Waals surface area contributed by atoms with Crippen molar-refractivity contribution >= 4 is 11.6 Å². The highest BCUT2D eigenvalue weighted by Crippen LogP contribution is 2.14. The molecule has 0 bridgehead atoms. The minimum Gasteiger partial charge on any atom is -0.395 e. The van der Waals surface area contributed by atoms with Crippen LogP contribution in [0.1, 0.15) is 19.4 Å². The normalized spacial score (nSPS) is 13.1. The number of nitrogens with one attached hydrogen (secondary N) is 1. The largest absolute Gasteiger partial charge is 0.395 e. The Kier molecular flexibility index (Phi) is 5.19. The molecule has 0 unspecified atom stereocenters. The first-order chi connectivity index (χ1) is 7.52. The minimum absolute atomic E-state index is 0.0158. The Morgan fingerprint density at radius 3 is 2.56 bits per heavy atom. The molecule has 2 N–H and O–H groups in total. The maximum Gasteiger partial charge on any atom is 0.125 e. The van der Waals surface area contributed by atoms with Gasteiger partial charge in [0.05, 0.1) is 6.61 Å². The molecular weight excluding hydrogens is 229 g/mol. The van der Waals surface area contributed by atoms with Crippen molar-refractivity contribution < 1.29 is 9.50 Å². The zero-order valence-corrected chi connectivity index (χ0v) is 10.3. The van der Waals surface area contributed by atoms with Crippen molar-refractivity contribution in [1.82, 2.24) is 5.32 Å². The molecule has 1 rings (SSSR count). The van der Waals surface area contributed by atoms with Crippen LogP contribution in [0.25, 0.3) is 0 Å². The van der Waals surface area contributed by atoms with Gasteiger partial charge in [0.15, 0.2) is 0 Å². The fourth-order valence-corrected chi connectivity index (χ4v) is 1.72. The van der Waals surface area contributed by atoms with Gasteiger partial charge in [0.2, 0.25) is 0 Å². The standard InChI is InChI=1S/C12H17ClFNO/c1-8(2)12(7-16)15-6-9-3-10(13)5-11(14)4-9/h3-5,8,12,15-16H,6-7H2,1-2H3/t12-/m1/s1. The fraction of sp³-hybridized carbons (Fsp3) is 0.500. The average Bonchev–Trinajstić information content (AvgIpc) is 2.16. The highest BCUT2D eigenvalue weighted by atomic mass is 35.5. The molecule has 0 saturated carbocycles. The van der Waals surface area contributed by atoms with E-state index in [1.54, 1.807) is 6.07 Å². The molecule has 0 aliphatic carbocycles. The number of rotatable bonds is 5. The Morgan fingerprint density at radius 2 is 2.06 bits per heavy atom. The van der Waals surface area contributed by atoms with E-state index in [-0.39, 0.29) is 18.5 Å². The highest BCUT2D eigenvalue weighted by molar-refractivity contribution is 6.30. The zero-order chi connectivity index (χ0) is 12.1. The van der Waals surface area contributed by atoms with Gasteiger partial charge in [-0.1, -0.05) is 25.4 Å². The van der Waals surface area contributed by atoms with E-state index in [1.807, 2.05) is 13.8 Å². The lowest BCUT2D eigenvalue weighted by molar-refractivity contribution is 0.210. The topological polar surface area (TPSA) is 32.3 Å². The van der Waals surface area contributed by atoms with Crippen LogP contribution in [0.5, 0.6) is 0 Å². The Hall–Kier alpha value is -0.640. The van der Waals surface area contributed by atoms with Crippen LogP contribution in [0.3, 0.4) is 0 Å². The van der Waals surface area contributed by atoms with Crippen molar-refractivity contribution in [3.63, 3.8) is 0 Å². The van der Waals surface area contributed by atoms with E-state index in [2.05, 4.69) is 5.32 Å². The lowest BCUT2D eigenvalue weighted by Gasteiger charge is -2.20. The third-order valence-electron chi connectivity index (χ3n) is 2.49. The Balaban J connectivity index is 2.60. The quantitative estimate of drug-likeness (QED) is 0.836. The molecule has 0 amide bonds. The Bertz CT molecular complexity index is 324. The van der Waals surface area contributed by atoms with E-state index >= 15 is 0 Å². The Labute approximate surface area is 100 Å². The predicted molar refractivity (Wildman–Crippen MR) is 64.0 cm³/mol. The lowest BCUT2D eigenvalue weighted by Crippen LogP contribution is -2.36. The summed E-state index contributed by atoms with van der Waals surface area (Å²) in [5.41, 5.74) is 0.782. The second-order valence-corrected chi connectivity index (χ2v) is 4.63. The van der Waals surface area contributed by atoms with Crippen LogP contribution in [-0.2, 0) is 6.54 Å². The van der Waals surface area contributed by atoms with Crippen molar-refractivity contribution in [2.45, 2.75) is 26.4 Å². The van der Waals surface area contributed by atoms with E-state index < -0.39 is 0 Å². The van der Waals surface area contributed by atoms with Gasteiger partial charge in [-0.15, -0.1) is 0 Å². The number of hydrogen-bond acceptors (Lipinski definition) is 2. The number of halogens is 2. The molecule has 1 atom stereocenters. The molecule has 0 aromatic heterocycles. The molecule has 2 nitrogen and oxygen atoms in total. The van der Waals surface area contributed by atoms with Gasteiger partial charge in [-0.25, -0.2) is 4.39 Å². The molecule has 0 aliphatic rings. The smallest absolute Gasteiger partial charge is 0.125 e. The number of aliphatic hydroxyl groups excluding tert-OH is 1. The molecule has 90 valence electrons. The van der Waals surface area contributed by atoms with Crippen LogP contribution in [0, 0.1) is 11.7 Å². The summed E-state index contributed by atoms with van der Waals surface area (Å²) >= 11 is 5.74. The second-order valence-electron chi connectivity index (χ2n) is 4.19. The first-order valence-corrected chi connectivity index (χ1v) is 5.70. The summed E-state index contributed by atoms with van der Waals surface area (Å²) in [4.78, 5) is 0. The minimum atomic E-state index is -0.339. The Morgan fingerprint density at radius 1 is 1.38 bits per heavy atom. The summed E-state index contributed by atoms with van der Waals surface area (Å²) in [5.74, 6) is -0.0107. The average molecular weight is 246 g/mol. The third-order valence-corrected chi connectivity index (χ3v) is 2.71. The molecule has 0 aliphatic heterocycles. The number of benzene rings is 1. The van der Waals surface area contributed by atoms with Crippen molar-refractivity contribution in [2.75, 3.05) is 6.61 Å². The van der Waals surface area contributed by atoms with Gasteiger partial charge in [-0.3, -0.25) is 0 Å². The summed E-state index contributed by atoms with van der Waals surface area (Å²) in [6.45, 7) is 4.61. The summed E-state index contributed by atoms with van der Waals surface area (Å²) in [7, 11) is 0. The predicted octanol–water partition coefficient (Wildman–Crippen LogP) is 2.59. The van der Waals surface area contributed by atoms with Gasteiger partial charge < -0.3 is 10.4 Å². The third kappa shape index (κ3) is 4.08.